The molecule has 0 fully saturated rings. The quantitative estimate of drug-likeness (QED) is 0.131. The Bertz CT molecular complexity index is 3180. The summed E-state index contributed by atoms with van der Waals surface area (Å²) >= 11 is 0. The van der Waals surface area contributed by atoms with Crippen molar-refractivity contribution in [2.75, 3.05) is 0 Å². The van der Waals surface area contributed by atoms with Gasteiger partial charge in [0.05, 0.1) is 0 Å². The summed E-state index contributed by atoms with van der Waals surface area (Å²) in [5.74, 6) is 1.94. The third-order valence-corrected chi connectivity index (χ3v) is 11.9. The zero-order chi connectivity index (χ0) is 38.1. The Morgan fingerprint density at radius 1 is 0.316 bits per heavy atom. The molecular formula is C54H37N3. The minimum atomic E-state index is -0.0787. The first kappa shape index (κ1) is 33.1. The Morgan fingerprint density at radius 3 is 1.58 bits per heavy atom. The van der Waals surface area contributed by atoms with E-state index in [-0.39, 0.29) is 5.41 Å². The Balaban J connectivity index is 1.06. The molecule has 0 spiro atoms. The van der Waals surface area contributed by atoms with Crippen LogP contribution >= 0.6 is 0 Å². The lowest BCUT2D eigenvalue weighted by Crippen LogP contribution is -2.14. The summed E-state index contributed by atoms with van der Waals surface area (Å²) in [6.07, 6.45) is 0. The van der Waals surface area contributed by atoms with Gasteiger partial charge in [0, 0.05) is 22.1 Å². The molecule has 9 aromatic carbocycles. The molecule has 1 aliphatic carbocycles. The Labute approximate surface area is 332 Å². The van der Waals surface area contributed by atoms with Gasteiger partial charge in [-0.2, -0.15) is 0 Å². The highest BCUT2D eigenvalue weighted by atomic mass is 15.0. The van der Waals surface area contributed by atoms with Gasteiger partial charge in [-0.3, -0.25) is 0 Å². The smallest absolute Gasteiger partial charge is 0.164 e. The Morgan fingerprint density at radius 2 is 0.842 bits per heavy atom. The highest BCUT2D eigenvalue weighted by Gasteiger charge is 2.35. The highest BCUT2D eigenvalue weighted by Crippen LogP contribution is 2.49. The average molecular weight is 728 g/mol. The summed E-state index contributed by atoms with van der Waals surface area (Å²) in [6, 6.07) is 67.4. The highest BCUT2D eigenvalue weighted by molar-refractivity contribution is 6.20. The molecule has 0 aliphatic heterocycles. The molecule has 10 aromatic rings. The van der Waals surface area contributed by atoms with Crippen LogP contribution in [0.2, 0.25) is 0 Å². The molecule has 57 heavy (non-hydrogen) atoms. The van der Waals surface area contributed by atoms with Gasteiger partial charge in [-0.1, -0.05) is 190 Å². The zero-order valence-electron chi connectivity index (χ0n) is 31.7. The van der Waals surface area contributed by atoms with Crippen molar-refractivity contribution >= 4 is 32.3 Å². The van der Waals surface area contributed by atoms with E-state index < -0.39 is 0 Å². The molecule has 1 heterocycles. The first-order chi connectivity index (χ1) is 28.0. The maximum Gasteiger partial charge on any atom is 0.164 e. The van der Waals surface area contributed by atoms with Crippen molar-refractivity contribution in [1.29, 1.82) is 0 Å². The summed E-state index contributed by atoms with van der Waals surface area (Å²) < 4.78 is 0. The number of fused-ring (bicyclic) bond motifs is 7. The van der Waals surface area contributed by atoms with Crippen molar-refractivity contribution < 1.29 is 0 Å². The van der Waals surface area contributed by atoms with E-state index in [0.717, 1.165) is 27.8 Å². The van der Waals surface area contributed by atoms with Crippen LogP contribution in [-0.2, 0) is 5.41 Å². The van der Waals surface area contributed by atoms with Crippen LogP contribution in [0.25, 0.3) is 99.9 Å². The molecule has 1 aliphatic rings. The molecule has 1 aromatic heterocycles. The van der Waals surface area contributed by atoms with Crippen molar-refractivity contribution in [3.63, 3.8) is 0 Å². The number of aromatic nitrogens is 3. The van der Waals surface area contributed by atoms with Crippen molar-refractivity contribution in [3.8, 4) is 67.5 Å². The fourth-order valence-corrected chi connectivity index (χ4v) is 8.98. The van der Waals surface area contributed by atoms with E-state index in [1.165, 1.54) is 65.7 Å². The fraction of sp³-hybridized carbons (Fsp3) is 0.0556. The monoisotopic (exact) mass is 727 g/mol. The standard InChI is InChI=1S/C54H37N3/c1-54(2)48-19-11-10-18-44(48)47-33-41(29-31-49(47)54)53-56-51(38-24-20-35(21-25-38)34-12-4-3-5-13-34)55-52(57-53)39-26-22-37(23-27-39)50-43-17-9-7-15-40(43)32-46-42-16-8-6-14-36(42)28-30-45(46)50/h3-33H,1-2H3. The van der Waals surface area contributed by atoms with Crippen LogP contribution in [0.15, 0.2) is 188 Å². The molecule has 0 atom stereocenters. The first-order valence-corrected chi connectivity index (χ1v) is 19.6. The van der Waals surface area contributed by atoms with Gasteiger partial charge < -0.3 is 0 Å². The van der Waals surface area contributed by atoms with Crippen molar-refractivity contribution in [2.45, 2.75) is 19.3 Å². The Hall–Kier alpha value is -7.23. The molecule has 11 rings (SSSR count). The minimum absolute atomic E-state index is 0.0787. The van der Waals surface area contributed by atoms with E-state index in [1.807, 2.05) is 6.07 Å². The summed E-state index contributed by atoms with van der Waals surface area (Å²) in [5, 5.41) is 7.47. The maximum atomic E-state index is 5.20. The van der Waals surface area contributed by atoms with Crippen molar-refractivity contribution in [3.05, 3.63) is 199 Å². The fourth-order valence-electron chi connectivity index (χ4n) is 8.98. The molecule has 3 nitrogen and oxygen atoms in total. The van der Waals surface area contributed by atoms with Crippen LogP contribution in [-0.4, -0.2) is 15.0 Å². The normalized spacial score (nSPS) is 12.9. The molecule has 268 valence electrons. The lowest BCUT2D eigenvalue weighted by molar-refractivity contribution is 0.660. The third kappa shape index (κ3) is 5.46. The van der Waals surface area contributed by atoms with Crippen LogP contribution in [0, 0.1) is 0 Å². The number of hydrogen-bond donors (Lipinski definition) is 0. The summed E-state index contributed by atoms with van der Waals surface area (Å²) in [5.41, 5.74) is 12.7. The minimum Gasteiger partial charge on any atom is -0.208 e. The van der Waals surface area contributed by atoms with E-state index in [0.29, 0.717) is 17.5 Å². The van der Waals surface area contributed by atoms with Gasteiger partial charge in [-0.15, -0.1) is 0 Å². The molecule has 0 bridgehead atoms. The number of hydrogen-bond acceptors (Lipinski definition) is 3. The van der Waals surface area contributed by atoms with Crippen LogP contribution in [0.1, 0.15) is 25.0 Å². The molecule has 3 heteroatoms. The van der Waals surface area contributed by atoms with E-state index in [9.17, 15) is 0 Å². The maximum absolute atomic E-state index is 5.20. The molecule has 0 amide bonds. The second-order valence-corrected chi connectivity index (χ2v) is 15.6. The van der Waals surface area contributed by atoms with Gasteiger partial charge in [0.25, 0.3) is 0 Å². The SMILES string of the molecule is CC1(C)c2ccccc2-c2cc(-c3nc(-c4ccc(-c5ccccc5)cc4)nc(-c4ccc(-c5c6ccccc6cc6c5ccc5ccccc56)cc4)n3)ccc21. The van der Waals surface area contributed by atoms with E-state index in [4.69, 9.17) is 15.0 Å². The van der Waals surface area contributed by atoms with E-state index in [1.54, 1.807) is 0 Å². The second kappa shape index (κ2) is 12.9. The first-order valence-electron chi connectivity index (χ1n) is 19.6. The van der Waals surface area contributed by atoms with Crippen LogP contribution in [0.3, 0.4) is 0 Å². The van der Waals surface area contributed by atoms with Gasteiger partial charge in [0.1, 0.15) is 0 Å². The lowest BCUT2D eigenvalue weighted by atomic mass is 9.82. The van der Waals surface area contributed by atoms with Crippen molar-refractivity contribution in [1.82, 2.24) is 15.0 Å². The van der Waals surface area contributed by atoms with Crippen molar-refractivity contribution in [2.24, 2.45) is 0 Å². The second-order valence-electron chi connectivity index (χ2n) is 15.6. The van der Waals surface area contributed by atoms with Crippen LogP contribution in [0.4, 0.5) is 0 Å². The van der Waals surface area contributed by atoms with E-state index >= 15 is 0 Å². The molecular weight excluding hydrogens is 691 g/mol. The largest absolute Gasteiger partial charge is 0.208 e. The van der Waals surface area contributed by atoms with Gasteiger partial charge in [-0.05, 0) is 89.0 Å². The lowest BCUT2D eigenvalue weighted by Gasteiger charge is -2.21. The number of nitrogens with zero attached hydrogens (tertiary/aromatic N) is 3. The predicted octanol–water partition coefficient (Wildman–Crippen LogP) is 14.0. The predicted molar refractivity (Wildman–Crippen MR) is 237 cm³/mol. The Kier molecular flexibility index (Phi) is 7.52. The number of rotatable bonds is 5. The average Bonchev–Trinajstić information content (AvgIpc) is 3.51. The van der Waals surface area contributed by atoms with Gasteiger partial charge in [-0.25, -0.2) is 15.0 Å². The zero-order valence-corrected chi connectivity index (χ0v) is 31.7. The summed E-state index contributed by atoms with van der Waals surface area (Å²) in [6.45, 7) is 4.62. The topological polar surface area (TPSA) is 38.7 Å². The summed E-state index contributed by atoms with van der Waals surface area (Å²) in [7, 11) is 0. The van der Waals surface area contributed by atoms with E-state index in [2.05, 4.69) is 196 Å². The molecule has 0 unspecified atom stereocenters. The number of benzene rings is 9. The van der Waals surface area contributed by atoms with Crippen LogP contribution < -0.4 is 0 Å². The molecule has 0 saturated carbocycles. The molecule has 0 N–H and O–H groups in total. The third-order valence-electron chi connectivity index (χ3n) is 11.9. The molecule has 0 radical (unpaired) electrons. The van der Waals surface area contributed by atoms with Gasteiger partial charge >= 0.3 is 0 Å². The summed E-state index contributed by atoms with van der Waals surface area (Å²) in [4.78, 5) is 15.5. The van der Waals surface area contributed by atoms with Crippen LogP contribution in [0.5, 0.6) is 0 Å². The van der Waals surface area contributed by atoms with Gasteiger partial charge in [0.15, 0.2) is 17.5 Å². The molecule has 0 saturated heterocycles. The van der Waals surface area contributed by atoms with Gasteiger partial charge in [0.2, 0.25) is 0 Å².